The third-order valence-corrected chi connectivity index (χ3v) is 7.12. The molecule has 0 spiro atoms. The number of rotatable bonds is 3. The number of likely N-dealkylation sites (tertiary alicyclic amines) is 1. The molecule has 26 heavy (non-hydrogen) atoms. The van der Waals surface area contributed by atoms with Gasteiger partial charge >= 0.3 is 0 Å². The number of nitrogens with zero attached hydrogens (tertiary/aromatic N) is 2. The Morgan fingerprint density at radius 2 is 1.96 bits per heavy atom. The van der Waals surface area contributed by atoms with Crippen LogP contribution in [0.5, 0.6) is 0 Å². The van der Waals surface area contributed by atoms with Crippen LogP contribution in [0.4, 0.5) is 0 Å². The lowest BCUT2D eigenvalue weighted by Gasteiger charge is -2.17. The molecule has 0 saturated carbocycles. The molecule has 0 bridgehead atoms. The number of hydrogen-bond acceptors (Lipinski definition) is 4. The zero-order valence-corrected chi connectivity index (χ0v) is 15.3. The van der Waals surface area contributed by atoms with E-state index in [0.717, 1.165) is 11.0 Å². The van der Waals surface area contributed by atoms with Crippen LogP contribution in [0.1, 0.15) is 16.8 Å². The van der Waals surface area contributed by atoms with Gasteiger partial charge in [0.05, 0.1) is 27.5 Å². The summed E-state index contributed by atoms with van der Waals surface area (Å²) in [6, 6.07) is 11.4. The Labute approximate surface area is 155 Å². The molecule has 1 aromatic heterocycles. The van der Waals surface area contributed by atoms with Crippen molar-refractivity contribution in [3.05, 3.63) is 59.4 Å². The SMILES string of the molecule is O=C(c1ccc2nc[nH]c2c1)N1CCC(S(=O)(=O)c2ccc(Cl)cc2)C1. The molecule has 0 radical (unpaired) electrons. The van der Waals surface area contributed by atoms with E-state index in [0.29, 0.717) is 23.6 Å². The minimum atomic E-state index is -3.50. The summed E-state index contributed by atoms with van der Waals surface area (Å²) in [5, 5.41) is -0.120. The average molecular weight is 390 g/mol. The number of aromatic amines is 1. The minimum Gasteiger partial charge on any atom is -0.345 e. The van der Waals surface area contributed by atoms with E-state index in [1.807, 2.05) is 0 Å². The van der Waals surface area contributed by atoms with Gasteiger partial charge in [-0.3, -0.25) is 4.79 Å². The quantitative estimate of drug-likeness (QED) is 0.746. The summed E-state index contributed by atoms with van der Waals surface area (Å²) in [5.41, 5.74) is 2.08. The largest absolute Gasteiger partial charge is 0.345 e. The maximum absolute atomic E-state index is 12.8. The van der Waals surface area contributed by atoms with Gasteiger partial charge in [0, 0.05) is 23.7 Å². The van der Waals surface area contributed by atoms with Gasteiger partial charge in [0.25, 0.3) is 5.91 Å². The van der Waals surface area contributed by atoms with Crippen LogP contribution < -0.4 is 0 Å². The third-order valence-electron chi connectivity index (χ3n) is 4.68. The number of aromatic nitrogens is 2. The number of halogens is 1. The second-order valence-corrected chi connectivity index (χ2v) is 8.96. The van der Waals surface area contributed by atoms with Crippen LogP contribution in [-0.2, 0) is 9.84 Å². The van der Waals surface area contributed by atoms with E-state index in [4.69, 9.17) is 11.6 Å². The van der Waals surface area contributed by atoms with Crippen molar-refractivity contribution in [1.29, 1.82) is 0 Å². The van der Waals surface area contributed by atoms with Gasteiger partial charge in [-0.1, -0.05) is 11.6 Å². The van der Waals surface area contributed by atoms with Gasteiger partial charge in [0.1, 0.15) is 0 Å². The molecular weight excluding hydrogens is 374 g/mol. The molecule has 1 atom stereocenters. The van der Waals surface area contributed by atoms with Gasteiger partial charge in [-0.25, -0.2) is 13.4 Å². The van der Waals surface area contributed by atoms with E-state index in [1.54, 1.807) is 41.6 Å². The molecule has 1 saturated heterocycles. The van der Waals surface area contributed by atoms with Crippen molar-refractivity contribution in [3.63, 3.8) is 0 Å². The first-order chi connectivity index (χ1) is 12.4. The second kappa shape index (κ2) is 6.41. The van der Waals surface area contributed by atoms with E-state index in [1.165, 1.54) is 12.1 Å². The van der Waals surface area contributed by atoms with Crippen molar-refractivity contribution in [3.8, 4) is 0 Å². The van der Waals surface area contributed by atoms with Crippen molar-refractivity contribution in [1.82, 2.24) is 14.9 Å². The molecule has 1 N–H and O–H groups in total. The molecule has 2 heterocycles. The lowest BCUT2D eigenvalue weighted by atomic mass is 10.2. The molecule has 0 aliphatic carbocycles. The summed E-state index contributed by atoms with van der Waals surface area (Å²) in [6.45, 7) is 0.599. The highest BCUT2D eigenvalue weighted by Crippen LogP contribution is 2.26. The lowest BCUT2D eigenvalue weighted by molar-refractivity contribution is 0.0793. The van der Waals surface area contributed by atoms with Crippen molar-refractivity contribution < 1.29 is 13.2 Å². The first-order valence-electron chi connectivity index (χ1n) is 8.17. The Morgan fingerprint density at radius 1 is 1.19 bits per heavy atom. The predicted molar refractivity (Wildman–Crippen MR) is 99.0 cm³/mol. The predicted octanol–water partition coefficient (Wildman–Crippen LogP) is 2.90. The molecule has 134 valence electrons. The summed E-state index contributed by atoms with van der Waals surface area (Å²) < 4.78 is 25.6. The molecular formula is C18H16ClN3O3S. The fourth-order valence-corrected chi connectivity index (χ4v) is 5.05. The highest BCUT2D eigenvalue weighted by Gasteiger charge is 2.36. The van der Waals surface area contributed by atoms with Gasteiger partial charge in [-0.2, -0.15) is 0 Å². The molecule has 1 aliphatic heterocycles. The van der Waals surface area contributed by atoms with Crippen LogP contribution in [0.15, 0.2) is 53.7 Å². The van der Waals surface area contributed by atoms with E-state index >= 15 is 0 Å². The highest BCUT2D eigenvalue weighted by atomic mass is 35.5. The Kier molecular flexibility index (Phi) is 4.20. The standard InChI is InChI=1S/C18H16ClN3O3S/c19-13-2-4-14(5-3-13)26(24,25)15-7-8-22(10-15)18(23)12-1-6-16-17(9-12)21-11-20-16/h1-6,9,11,15H,7-8,10H2,(H,20,21). The summed E-state index contributed by atoms with van der Waals surface area (Å²) in [7, 11) is -3.50. The van der Waals surface area contributed by atoms with Gasteiger partial charge in [0.2, 0.25) is 0 Å². The number of fused-ring (bicyclic) bond motifs is 1. The van der Waals surface area contributed by atoms with Crippen LogP contribution in [0, 0.1) is 0 Å². The Morgan fingerprint density at radius 3 is 2.73 bits per heavy atom. The molecule has 2 aromatic carbocycles. The summed E-state index contributed by atoms with van der Waals surface area (Å²) >= 11 is 5.83. The van der Waals surface area contributed by atoms with Crippen LogP contribution >= 0.6 is 11.6 Å². The maximum Gasteiger partial charge on any atom is 0.253 e. The zero-order valence-electron chi connectivity index (χ0n) is 13.7. The Hall–Kier alpha value is -2.38. The van der Waals surface area contributed by atoms with Crippen LogP contribution in [0.2, 0.25) is 5.02 Å². The van der Waals surface area contributed by atoms with Gasteiger partial charge < -0.3 is 9.88 Å². The molecule has 4 rings (SSSR count). The number of carbonyl (C=O) groups is 1. The smallest absolute Gasteiger partial charge is 0.253 e. The topological polar surface area (TPSA) is 83.1 Å². The van der Waals surface area contributed by atoms with Gasteiger partial charge in [-0.05, 0) is 48.9 Å². The molecule has 8 heteroatoms. The van der Waals surface area contributed by atoms with E-state index in [9.17, 15) is 13.2 Å². The third kappa shape index (κ3) is 2.97. The highest BCUT2D eigenvalue weighted by molar-refractivity contribution is 7.92. The number of hydrogen-bond donors (Lipinski definition) is 1. The van der Waals surface area contributed by atoms with Crippen LogP contribution in [0.25, 0.3) is 11.0 Å². The van der Waals surface area contributed by atoms with Gasteiger partial charge in [0.15, 0.2) is 9.84 Å². The fraction of sp³-hybridized carbons (Fsp3) is 0.222. The Balaban J connectivity index is 1.54. The second-order valence-electron chi connectivity index (χ2n) is 6.30. The first kappa shape index (κ1) is 17.1. The number of sulfone groups is 1. The zero-order chi connectivity index (χ0) is 18.3. The maximum atomic E-state index is 12.8. The molecule has 1 fully saturated rings. The lowest BCUT2D eigenvalue weighted by Crippen LogP contribution is -2.31. The summed E-state index contributed by atoms with van der Waals surface area (Å²) in [4.78, 5) is 21.7. The van der Waals surface area contributed by atoms with Gasteiger partial charge in [-0.15, -0.1) is 0 Å². The van der Waals surface area contributed by atoms with Crippen molar-refractivity contribution in [2.24, 2.45) is 0 Å². The van der Waals surface area contributed by atoms with E-state index < -0.39 is 15.1 Å². The normalized spacial score (nSPS) is 17.7. The summed E-state index contributed by atoms with van der Waals surface area (Å²) in [5.74, 6) is -0.171. The summed E-state index contributed by atoms with van der Waals surface area (Å²) in [6.07, 6.45) is 1.99. The molecule has 1 amide bonds. The van der Waals surface area contributed by atoms with E-state index in [-0.39, 0.29) is 17.3 Å². The van der Waals surface area contributed by atoms with Crippen molar-refractivity contribution in [2.75, 3.05) is 13.1 Å². The van der Waals surface area contributed by atoms with Crippen molar-refractivity contribution >= 4 is 38.4 Å². The number of H-pyrrole nitrogens is 1. The number of imidazole rings is 1. The molecule has 3 aromatic rings. The Bertz CT molecular complexity index is 1080. The molecule has 1 unspecified atom stereocenters. The van der Waals surface area contributed by atoms with Crippen LogP contribution in [0.3, 0.4) is 0 Å². The number of nitrogens with one attached hydrogen (secondary N) is 1. The average Bonchev–Trinajstić information content (AvgIpc) is 3.30. The first-order valence-corrected chi connectivity index (χ1v) is 10.1. The van der Waals surface area contributed by atoms with E-state index in [2.05, 4.69) is 9.97 Å². The molecule has 1 aliphatic rings. The number of benzene rings is 2. The van der Waals surface area contributed by atoms with Crippen LogP contribution in [-0.4, -0.2) is 47.5 Å². The van der Waals surface area contributed by atoms with Crippen molar-refractivity contribution in [2.45, 2.75) is 16.6 Å². The fourth-order valence-electron chi connectivity index (χ4n) is 3.23. The minimum absolute atomic E-state index is 0.171. The molecule has 6 nitrogen and oxygen atoms in total. The number of carbonyl (C=O) groups excluding carboxylic acids is 1. The monoisotopic (exact) mass is 389 g/mol. The number of amides is 1.